The molecule has 0 unspecified atom stereocenters. The lowest BCUT2D eigenvalue weighted by atomic mass is 9.73. The van der Waals surface area contributed by atoms with E-state index in [1.165, 1.54) is 15.3 Å². The van der Waals surface area contributed by atoms with Crippen LogP contribution in [0.25, 0.3) is 0 Å². The number of urea groups is 1. The fraction of sp³-hybridized carbons (Fsp3) is 0.538. The van der Waals surface area contributed by atoms with Gasteiger partial charge < -0.3 is 10.1 Å². The van der Waals surface area contributed by atoms with E-state index >= 15 is 0 Å². The Hall–Kier alpha value is -2.38. The molecule has 1 N–H and O–H groups in total. The molecule has 3 heterocycles. The van der Waals surface area contributed by atoms with Gasteiger partial charge in [-0.2, -0.15) is 0 Å². The summed E-state index contributed by atoms with van der Waals surface area (Å²) in [5.41, 5.74) is 0.400. The average Bonchev–Trinajstić information content (AvgIpc) is 3.40. The van der Waals surface area contributed by atoms with Crippen molar-refractivity contribution in [2.45, 2.75) is 51.6 Å². The van der Waals surface area contributed by atoms with E-state index in [0.717, 1.165) is 38.2 Å². The molecule has 0 bridgehead atoms. The molecule has 2 saturated heterocycles. The molecule has 6 nitrogen and oxygen atoms in total. The van der Waals surface area contributed by atoms with Gasteiger partial charge in [0.05, 0.1) is 7.11 Å². The quantitative estimate of drug-likeness (QED) is 0.548. The zero-order valence-electron chi connectivity index (χ0n) is 19.9. The molecule has 0 aliphatic carbocycles. The van der Waals surface area contributed by atoms with Crippen molar-refractivity contribution in [3.63, 3.8) is 0 Å². The zero-order valence-corrected chi connectivity index (χ0v) is 20.7. The Morgan fingerprint density at radius 3 is 2.58 bits per heavy atom. The van der Waals surface area contributed by atoms with Gasteiger partial charge in [0, 0.05) is 23.5 Å². The predicted molar refractivity (Wildman–Crippen MR) is 131 cm³/mol. The number of likely N-dealkylation sites (tertiary alicyclic amines) is 1. The molecule has 1 aromatic heterocycles. The molecule has 1 aromatic carbocycles. The topological polar surface area (TPSA) is 61.9 Å². The van der Waals surface area contributed by atoms with Crippen LogP contribution in [0, 0.1) is 11.8 Å². The first kappa shape index (κ1) is 23.8. The van der Waals surface area contributed by atoms with E-state index < -0.39 is 5.54 Å². The Balaban J connectivity index is 1.44. The normalized spacial score (nSPS) is 22.2. The Bertz CT molecular complexity index is 953. The summed E-state index contributed by atoms with van der Waals surface area (Å²) in [5, 5.41) is 5.21. The molecule has 0 radical (unpaired) electrons. The highest BCUT2D eigenvalue weighted by atomic mass is 32.1. The summed E-state index contributed by atoms with van der Waals surface area (Å²) in [6.07, 6.45) is 3.19. The number of piperidine rings is 1. The minimum atomic E-state index is -0.781. The van der Waals surface area contributed by atoms with E-state index in [-0.39, 0.29) is 17.9 Å². The highest BCUT2D eigenvalue weighted by Crippen LogP contribution is 2.38. The largest absolute Gasteiger partial charge is 0.496 e. The van der Waals surface area contributed by atoms with Gasteiger partial charge in [0.2, 0.25) is 0 Å². The van der Waals surface area contributed by atoms with Crippen molar-refractivity contribution in [3.8, 4) is 5.75 Å². The van der Waals surface area contributed by atoms with Crippen molar-refractivity contribution in [1.29, 1.82) is 0 Å². The second-order valence-electron chi connectivity index (χ2n) is 9.65. The van der Waals surface area contributed by atoms with Crippen LogP contribution in [0.1, 0.15) is 43.6 Å². The van der Waals surface area contributed by atoms with Gasteiger partial charge >= 0.3 is 6.03 Å². The number of carbonyl (C=O) groups excluding carboxylic acids is 2. The summed E-state index contributed by atoms with van der Waals surface area (Å²) in [4.78, 5) is 31.7. The summed E-state index contributed by atoms with van der Waals surface area (Å²) in [6, 6.07) is 12.0. The second kappa shape index (κ2) is 10.3. The molecule has 2 aromatic rings. The van der Waals surface area contributed by atoms with Crippen molar-refractivity contribution in [3.05, 3.63) is 52.2 Å². The maximum absolute atomic E-state index is 13.7. The number of thiophene rings is 1. The number of hydrogen-bond donors (Lipinski definition) is 1. The number of carbonyl (C=O) groups is 2. The van der Waals surface area contributed by atoms with Crippen LogP contribution in [-0.4, -0.2) is 54.0 Å². The van der Waals surface area contributed by atoms with E-state index in [1.54, 1.807) is 18.4 Å². The molecule has 33 heavy (non-hydrogen) atoms. The summed E-state index contributed by atoms with van der Waals surface area (Å²) in [7, 11) is 1.71. The van der Waals surface area contributed by atoms with Crippen molar-refractivity contribution in [2.24, 2.45) is 11.8 Å². The Morgan fingerprint density at radius 2 is 1.91 bits per heavy atom. The highest BCUT2D eigenvalue weighted by Gasteiger charge is 2.55. The van der Waals surface area contributed by atoms with Gasteiger partial charge in [-0.25, -0.2) is 4.79 Å². The first-order valence-corrected chi connectivity index (χ1v) is 12.8. The van der Waals surface area contributed by atoms with Crippen LogP contribution in [0.15, 0.2) is 41.8 Å². The number of imide groups is 1. The van der Waals surface area contributed by atoms with Crippen LogP contribution in [0.5, 0.6) is 5.75 Å². The molecule has 2 aliphatic rings. The number of methoxy groups -OCH3 is 1. The van der Waals surface area contributed by atoms with Gasteiger partial charge in [-0.15, -0.1) is 11.3 Å². The lowest BCUT2D eigenvalue weighted by Gasteiger charge is -2.41. The number of ether oxygens (including phenoxy) is 1. The molecule has 0 spiro atoms. The fourth-order valence-corrected chi connectivity index (χ4v) is 6.11. The number of rotatable bonds is 9. The zero-order chi connectivity index (χ0) is 23.4. The molecular formula is C26H35N3O3S. The van der Waals surface area contributed by atoms with E-state index in [2.05, 4.69) is 36.2 Å². The van der Waals surface area contributed by atoms with E-state index in [0.29, 0.717) is 25.3 Å². The maximum atomic E-state index is 13.7. The second-order valence-corrected chi connectivity index (χ2v) is 10.7. The van der Waals surface area contributed by atoms with Gasteiger partial charge in [-0.1, -0.05) is 38.1 Å². The third kappa shape index (κ3) is 5.09. The Labute approximate surface area is 200 Å². The van der Waals surface area contributed by atoms with Crippen LogP contribution in [-0.2, 0) is 17.8 Å². The molecule has 4 rings (SSSR count). The van der Waals surface area contributed by atoms with Crippen molar-refractivity contribution in [1.82, 2.24) is 15.1 Å². The maximum Gasteiger partial charge on any atom is 0.325 e. The number of amides is 3. The average molecular weight is 470 g/mol. The van der Waals surface area contributed by atoms with Gasteiger partial charge in [0.1, 0.15) is 11.3 Å². The van der Waals surface area contributed by atoms with Crippen LogP contribution < -0.4 is 10.1 Å². The first-order chi connectivity index (χ1) is 15.9. The van der Waals surface area contributed by atoms with E-state index in [9.17, 15) is 9.59 Å². The highest BCUT2D eigenvalue weighted by molar-refractivity contribution is 7.09. The summed E-state index contributed by atoms with van der Waals surface area (Å²) in [5.74, 6) is 1.35. The summed E-state index contributed by atoms with van der Waals surface area (Å²) in [6.45, 7) is 7.35. The van der Waals surface area contributed by atoms with Crippen LogP contribution in [0.2, 0.25) is 0 Å². The standard InChI is InChI=1S/C26H35N3O3S/c1-19(2)17-26(24(30)29(25(31)27-26)15-12-22-8-6-16-33-22)21-10-13-28(14-11-21)18-20-7-4-5-9-23(20)32-3/h4-9,16,19,21H,10-15,17-18H2,1-3H3,(H,27,31)/t26-/m1/s1. The molecule has 2 aliphatic heterocycles. The first-order valence-electron chi connectivity index (χ1n) is 11.9. The van der Waals surface area contributed by atoms with Gasteiger partial charge in [0.15, 0.2) is 0 Å². The van der Waals surface area contributed by atoms with Crippen molar-refractivity contribution in [2.75, 3.05) is 26.7 Å². The van der Waals surface area contributed by atoms with E-state index in [1.807, 2.05) is 29.6 Å². The number of nitrogens with zero attached hydrogens (tertiary/aromatic N) is 2. The fourth-order valence-electron chi connectivity index (χ4n) is 5.41. The Morgan fingerprint density at radius 1 is 1.15 bits per heavy atom. The van der Waals surface area contributed by atoms with Gasteiger partial charge in [0.25, 0.3) is 5.91 Å². The summed E-state index contributed by atoms with van der Waals surface area (Å²) < 4.78 is 5.51. The molecule has 2 fully saturated rings. The third-order valence-electron chi connectivity index (χ3n) is 6.97. The molecule has 1 atom stereocenters. The molecular weight excluding hydrogens is 434 g/mol. The van der Waals surface area contributed by atoms with E-state index in [4.69, 9.17) is 4.74 Å². The van der Waals surface area contributed by atoms with Crippen molar-refractivity contribution >= 4 is 23.3 Å². The number of nitrogens with one attached hydrogen (secondary N) is 1. The Kier molecular flexibility index (Phi) is 7.39. The smallest absolute Gasteiger partial charge is 0.325 e. The van der Waals surface area contributed by atoms with Crippen molar-refractivity contribution < 1.29 is 14.3 Å². The van der Waals surface area contributed by atoms with Crippen LogP contribution in [0.4, 0.5) is 4.79 Å². The lowest BCUT2D eigenvalue weighted by molar-refractivity contribution is -0.134. The van der Waals surface area contributed by atoms with Gasteiger partial charge in [-0.3, -0.25) is 14.6 Å². The summed E-state index contributed by atoms with van der Waals surface area (Å²) >= 11 is 1.67. The van der Waals surface area contributed by atoms with Crippen LogP contribution in [0.3, 0.4) is 0 Å². The third-order valence-corrected chi connectivity index (χ3v) is 7.90. The number of hydrogen-bond acceptors (Lipinski definition) is 5. The van der Waals surface area contributed by atoms with Crippen LogP contribution >= 0.6 is 11.3 Å². The minimum absolute atomic E-state index is 0.0269. The minimum Gasteiger partial charge on any atom is -0.496 e. The monoisotopic (exact) mass is 469 g/mol. The van der Waals surface area contributed by atoms with Gasteiger partial charge in [-0.05, 0) is 68.1 Å². The molecule has 178 valence electrons. The lowest BCUT2D eigenvalue weighted by Crippen LogP contribution is -2.56. The molecule has 7 heteroatoms. The number of benzene rings is 1. The molecule has 0 saturated carbocycles. The SMILES string of the molecule is COc1ccccc1CN1CCC([C@@]2(CC(C)C)NC(=O)N(CCc3cccs3)C2=O)CC1. The number of para-hydroxylation sites is 1. The molecule has 3 amide bonds. The predicted octanol–water partition coefficient (Wildman–Crippen LogP) is 4.55.